The molecule has 5 heteroatoms. The van der Waals surface area contributed by atoms with E-state index in [-0.39, 0.29) is 0 Å². The molecule has 1 atom stereocenters. The number of halogens is 2. The van der Waals surface area contributed by atoms with Gasteiger partial charge >= 0.3 is 0 Å². The number of aliphatic hydroxyl groups is 1. The summed E-state index contributed by atoms with van der Waals surface area (Å²) in [6.07, 6.45) is -0.788. The lowest BCUT2D eigenvalue weighted by atomic mass is 10.0. The molecule has 0 saturated carbocycles. The fraction of sp³-hybridized carbons (Fsp3) is 0.200. The molecule has 0 amide bonds. The van der Waals surface area contributed by atoms with Gasteiger partial charge in [-0.1, -0.05) is 15.9 Å². The second kappa shape index (κ2) is 6.78. The lowest BCUT2D eigenvalue weighted by Gasteiger charge is -2.17. The summed E-state index contributed by atoms with van der Waals surface area (Å²) in [5, 5.41) is 10.7. The quantitative estimate of drug-likeness (QED) is 0.714. The molecule has 0 heterocycles. The molecule has 106 valence electrons. The Hall–Kier alpha value is -0.790. The van der Waals surface area contributed by atoms with E-state index in [9.17, 15) is 5.11 Å². The summed E-state index contributed by atoms with van der Waals surface area (Å²) in [5.74, 6) is 1.31. The van der Waals surface area contributed by atoms with Gasteiger partial charge in [0.15, 0.2) is 0 Å². The third-order valence-corrected chi connectivity index (χ3v) is 4.38. The first kappa shape index (κ1) is 15.6. The largest absolute Gasteiger partial charge is 0.497 e. The first-order valence-electron chi connectivity index (χ1n) is 5.91. The molecule has 0 aliphatic rings. The normalized spacial score (nSPS) is 12.1. The highest BCUT2D eigenvalue weighted by Crippen LogP contribution is 2.36. The number of benzene rings is 2. The van der Waals surface area contributed by atoms with Crippen LogP contribution < -0.4 is 9.47 Å². The van der Waals surface area contributed by atoms with Crippen molar-refractivity contribution in [1.29, 1.82) is 0 Å². The summed E-state index contributed by atoms with van der Waals surface area (Å²) in [4.78, 5) is 0. The van der Waals surface area contributed by atoms with Gasteiger partial charge in [0, 0.05) is 19.2 Å². The van der Waals surface area contributed by atoms with Crippen LogP contribution in [-0.2, 0) is 0 Å². The Morgan fingerprint density at radius 2 is 1.80 bits per heavy atom. The van der Waals surface area contributed by atoms with Gasteiger partial charge in [0.05, 0.1) is 14.2 Å². The van der Waals surface area contributed by atoms with Gasteiger partial charge in [0.25, 0.3) is 0 Å². The van der Waals surface area contributed by atoms with Crippen LogP contribution in [0.2, 0.25) is 0 Å². The average Bonchev–Trinajstić information content (AvgIpc) is 2.48. The molecular formula is C15H14BrIO3. The molecule has 0 fully saturated rings. The van der Waals surface area contributed by atoms with Gasteiger partial charge in [-0.15, -0.1) is 0 Å². The zero-order chi connectivity index (χ0) is 14.7. The Kier molecular flexibility index (Phi) is 5.29. The molecule has 0 bridgehead atoms. The molecule has 2 rings (SSSR count). The van der Waals surface area contributed by atoms with Crippen LogP contribution in [-0.4, -0.2) is 19.3 Å². The molecule has 0 spiro atoms. The number of ether oxygens (including phenoxy) is 2. The van der Waals surface area contributed by atoms with E-state index in [1.807, 2.05) is 18.2 Å². The lowest BCUT2D eigenvalue weighted by Crippen LogP contribution is -2.04. The first-order chi connectivity index (χ1) is 9.56. The van der Waals surface area contributed by atoms with E-state index in [1.165, 1.54) is 0 Å². The van der Waals surface area contributed by atoms with Gasteiger partial charge in [0.1, 0.15) is 17.6 Å². The van der Waals surface area contributed by atoms with E-state index in [0.29, 0.717) is 17.1 Å². The third-order valence-electron chi connectivity index (χ3n) is 2.98. The molecule has 2 aromatic carbocycles. The number of rotatable bonds is 4. The van der Waals surface area contributed by atoms with Crippen LogP contribution >= 0.6 is 38.5 Å². The van der Waals surface area contributed by atoms with Crippen LogP contribution in [0.25, 0.3) is 0 Å². The van der Waals surface area contributed by atoms with Gasteiger partial charge in [0.2, 0.25) is 0 Å². The zero-order valence-corrected chi connectivity index (χ0v) is 14.8. The molecular weight excluding hydrogens is 435 g/mol. The number of hydrogen-bond acceptors (Lipinski definition) is 3. The molecule has 0 aliphatic carbocycles. The SMILES string of the molecule is COc1ccc(OC)c(C(O)c2cc(I)ccc2Br)c1. The molecule has 0 radical (unpaired) electrons. The van der Waals surface area contributed by atoms with Gasteiger partial charge in [-0.05, 0) is 59.0 Å². The van der Waals surface area contributed by atoms with E-state index < -0.39 is 6.10 Å². The third kappa shape index (κ3) is 3.27. The average molecular weight is 449 g/mol. The molecule has 20 heavy (non-hydrogen) atoms. The monoisotopic (exact) mass is 448 g/mol. The summed E-state index contributed by atoms with van der Waals surface area (Å²) in [7, 11) is 3.18. The Balaban J connectivity index is 2.51. The summed E-state index contributed by atoms with van der Waals surface area (Å²) < 4.78 is 12.5. The summed E-state index contributed by atoms with van der Waals surface area (Å²) in [6, 6.07) is 11.2. The van der Waals surface area contributed by atoms with Gasteiger partial charge < -0.3 is 14.6 Å². The fourth-order valence-corrected chi connectivity index (χ4v) is 2.92. The predicted molar refractivity (Wildman–Crippen MR) is 90.5 cm³/mol. The Morgan fingerprint density at radius 1 is 1.05 bits per heavy atom. The highest BCUT2D eigenvalue weighted by Gasteiger charge is 2.19. The summed E-state index contributed by atoms with van der Waals surface area (Å²) in [6.45, 7) is 0. The van der Waals surface area contributed by atoms with Crippen molar-refractivity contribution in [2.24, 2.45) is 0 Å². The topological polar surface area (TPSA) is 38.7 Å². The van der Waals surface area contributed by atoms with Crippen molar-refractivity contribution < 1.29 is 14.6 Å². The van der Waals surface area contributed by atoms with Crippen molar-refractivity contribution in [1.82, 2.24) is 0 Å². The molecule has 0 aliphatic heterocycles. The van der Waals surface area contributed by atoms with E-state index in [0.717, 1.165) is 13.6 Å². The number of aliphatic hydroxyl groups excluding tert-OH is 1. The summed E-state index contributed by atoms with van der Waals surface area (Å²) in [5.41, 5.74) is 1.47. The van der Waals surface area contributed by atoms with Crippen LogP contribution in [0.3, 0.4) is 0 Å². The van der Waals surface area contributed by atoms with Crippen molar-refractivity contribution in [3.63, 3.8) is 0 Å². The second-order valence-electron chi connectivity index (χ2n) is 4.18. The second-order valence-corrected chi connectivity index (χ2v) is 6.28. The van der Waals surface area contributed by atoms with Crippen molar-refractivity contribution in [2.75, 3.05) is 14.2 Å². The minimum Gasteiger partial charge on any atom is -0.497 e. The maximum absolute atomic E-state index is 10.7. The smallest absolute Gasteiger partial charge is 0.125 e. The van der Waals surface area contributed by atoms with Gasteiger partial charge in [-0.2, -0.15) is 0 Å². The minimum atomic E-state index is -0.788. The Bertz CT molecular complexity index is 616. The highest BCUT2D eigenvalue weighted by atomic mass is 127. The van der Waals surface area contributed by atoms with E-state index >= 15 is 0 Å². The maximum atomic E-state index is 10.7. The maximum Gasteiger partial charge on any atom is 0.125 e. The Labute approximate surface area is 140 Å². The molecule has 0 saturated heterocycles. The number of hydrogen-bond donors (Lipinski definition) is 1. The lowest BCUT2D eigenvalue weighted by molar-refractivity contribution is 0.213. The summed E-state index contributed by atoms with van der Waals surface area (Å²) >= 11 is 5.69. The molecule has 2 aromatic rings. The zero-order valence-electron chi connectivity index (χ0n) is 11.1. The van der Waals surface area contributed by atoms with Crippen LogP contribution in [0.15, 0.2) is 40.9 Å². The fourth-order valence-electron chi connectivity index (χ4n) is 1.94. The van der Waals surface area contributed by atoms with Crippen LogP contribution in [0, 0.1) is 3.57 Å². The molecule has 3 nitrogen and oxygen atoms in total. The van der Waals surface area contributed by atoms with Crippen LogP contribution in [0.4, 0.5) is 0 Å². The van der Waals surface area contributed by atoms with Gasteiger partial charge in [-0.25, -0.2) is 0 Å². The van der Waals surface area contributed by atoms with Crippen molar-refractivity contribution in [2.45, 2.75) is 6.10 Å². The van der Waals surface area contributed by atoms with Crippen molar-refractivity contribution in [3.8, 4) is 11.5 Å². The highest BCUT2D eigenvalue weighted by molar-refractivity contribution is 14.1. The van der Waals surface area contributed by atoms with Gasteiger partial charge in [-0.3, -0.25) is 0 Å². The molecule has 0 aromatic heterocycles. The van der Waals surface area contributed by atoms with E-state index in [4.69, 9.17) is 9.47 Å². The predicted octanol–water partition coefficient (Wildman–Crippen LogP) is 4.15. The van der Waals surface area contributed by atoms with Crippen LogP contribution in [0.1, 0.15) is 17.2 Å². The number of methoxy groups -OCH3 is 2. The van der Waals surface area contributed by atoms with E-state index in [2.05, 4.69) is 38.5 Å². The first-order valence-corrected chi connectivity index (χ1v) is 7.79. The van der Waals surface area contributed by atoms with Crippen molar-refractivity contribution in [3.05, 3.63) is 55.6 Å². The Morgan fingerprint density at radius 3 is 2.45 bits per heavy atom. The van der Waals surface area contributed by atoms with E-state index in [1.54, 1.807) is 32.4 Å². The van der Waals surface area contributed by atoms with Crippen LogP contribution in [0.5, 0.6) is 11.5 Å². The standard InChI is InChI=1S/C15H14BrIO3/c1-19-10-4-6-14(20-2)12(8-10)15(18)11-7-9(17)3-5-13(11)16/h3-8,15,18H,1-2H3. The van der Waals surface area contributed by atoms with Crippen molar-refractivity contribution >= 4 is 38.5 Å². The molecule has 1 unspecified atom stereocenters. The minimum absolute atomic E-state index is 0.629. The molecule has 1 N–H and O–H groups in total.